The van der Waals surface area contributed by atoms with Gasteiger partial charge in [-0.05, 0) is 48.6 Å². The number of aliphatic imine (C=N–C) groups is 1. The largest absolute Gasteiger partial charge is 0.481 e. The number of carbonyl (C=O) groups is 1. The number of rotatable bonds is 6. The van der Waals surface area contributed by atoms with Gasteiger partial charge in [0, 0.05) is 24.6 Å². The van der Waals surface area contributed by atoms with E-state index >= 15 is 0 Å². The van der Waals surface area contributed by atoms with E-state index in [1.54, 1.807) is 18.1 Å². The topological polar surface area (TPSA) is 85.9 Å². The van der Waals surface area contributed by atoms with Crippen molar-refractivity contribution < 1.29 is 14.6 Å². The maximum absolute atomic E-state index is 12.1. The number of hydrogen-bond acceptors (Lipinski definition) is 5. The Morgan fingerprint density at radius 3 is 2.81 bits per heavy atom. The number of aliphatic hydroxyl groups excluding tert-OH is 1. The molecule has 1 N–H and O–H groups in total. The van der Waals surface area contributed by atoms with Crippen LogP contribution in [0.4, 0.5) is 0 Å². The molecule has 0 aromatic heterocycles. The first kappa shape index (κ1) is 22.3. The normalized spacial score (nSPS) is 15.2. The number of ether oxygens (including phenoxy) is 1. The number of benzene rings is 2. The first-order valence-electron chi connectivity index (χ1n) is 10.2. The lowest BCUT2D eigenvalue weighted by Gasteiger charge is -2.28. The highest BCUT2D eigenvalue weighted by Gasteiger charge is 2.31. The van der Waals surface area contributed by atoms with E-state index in [1.165, 1.54) is 6.92 Å². The Bertz CT molecular complexity index is 1080. The molecule has 1 atom stereocenters. The molecule has 3 rings (SSSR count). The quantitative estimate of drug-likeness (QED) is 0.573. The first-order chi connectivity index (χ1) is 14.9. The van der Waals surface area contributed by atoms with Crippen molar-refractivity contribution in [3.63, 3.8) is 0 Å². The SMILES string of the molecule is C=C(N=C(OC)c1ccc(C)c(C#N)c1)c1cccc2c1CCC2N(CCO)C(C)=O. The van der Waals surface area contributed by atoms with Crippen molar-refractivity contribution in [2.45, 2.75) is 32.7 Å². The van der Waals surface area contributed by atoms with Crippen LogP contribution in [0.5, 0.6) is 0 Å². The lowest BCUT2D eigenvalue weighted by atomic mass is 10.00. The van der Waals surface area contributed by atoms with E-state index in [9.17, 15) is 15.2 Å². The van der Waals surface area contributed by atoms with Crippen LogP contribution in [0.15, 0.2) is 48.0 Å². The Labute approximate surface area is 183 Å². The maximum Gasteiger partial charge on any atom is 0.221 e. The fourth-order valence-corrected chi connectivity index (χ4v) is 4.15. The summed E-state index contributed by atoms with van der Waals surface area (Å²) in [5.41, 5.74) is 5.83. The predicted octanol–water partition coefficient (Wildman–Crippen LogP) is 3.76. The number of hydrogen-bond donors (Lipinski definition) is 1. The van der Waals surface area contributed by atoms with E-state index in [4.69, 9.17) is 4.74 Å². The molecule has 0 fully saturated rings. The molecule has 0 bridgehead atoms. The Morgan fingerprint density at radius 1 is 1.39 bits per heavy atom. The number of nitrogens with zero attached hydrogens (tertiary/aromatic N) is 3. The second-order valence-electron chi connectivity index (χ2n) is 7.57. The Kier molecular flexibility index (Phi) is 6.88. The Balaban J connectivity index is 1.96. The van der Waals surface area contributed by atoms with E-state index in [0.29, 0.717) is 29.3 Å². The van der Waals surface area contributed by atoms with Gasteiger partial charge in [-0.15, -0.1) is 0 Å². The van der Waals surface area contributed by atoms with Crippen LogP contribution in [0.1, 0.15) is 52.8 Å². The summed E-state index contributed by atoms with van der Waals surface area (Å²) in [6.07, 6.45) is 1.59. The van der Waals surface area contributed by atoms with Gasteiger partial charge in [-0.2, -0.15) is 5.26 Å². The number of amides is 1. The fourth-order valence-electron chi connectivity index (χ4n) is 4.15. The van der Waals surface area contributed by atoms with E-state index < -0.39 is 0 Å². The van der Waals surface area contributed by atoms with Gasteiger partial charge in [0.05, 0.1) is 37.1 Å². The van der Waals surface area contributed by atoms with E-state index in [-0.39, 0.29) is 18.6 Å². The number of nitriles is 1. The summed E-state index contributed by atoms with van der Waals surface area (Å²) >= 11 is 0. The maximum atomic E-state index is 12.1. The van der Waals surface area contributed by atoms with Crippen molar-refractivity contribution in [3.05, 3.63) is 76.4 Å². The number of methoxy groups -OCH3 is 1. The van der Waals surface area contributed by atoms with Crippen LogP contribution in [0.25, 0.3) is 5.70 Å². The highest BCUT2D eigenvalue weighted by molar-refractivity contribution is 5.98. The summed E-state index contributed by atoms with van der Waals surface area (Å²) in [5.74, 6) is 0.336. The summed E-state index contributed by atoms with van der Waals surface area (Å²) < 4.78 is 5.51. The first-order valence-corrected chi connectivity index (χ1v) is 10.2. The van der Waals surface area contributed by atoms with Crippen molar-refractivity contribution in [2.75, 3.05) is 20.3 Å². The van der Waals surface area contributed by atoms with Crippen LogP contribution in [0, 0.1) is 18.3 Å². The Morgan fingerprint density at radius 2 is 2.16 bits per heavy atom. The lowest BCUT2D eigenvalue weighted by Crippen LogP contribution is -2.34. The van der Waals surface area contributed by atoms with Gasteiger partial charge in [-0.3, -0.25) is 4.79 Å². The molecule has 31 heavy (non-hydrogen) atoms. The number of aliphatic hydroxyl groups is 1. The number of carbonyl (C=O) groups excluding carboxylic acids is 1. The van der Waals surface area contributed by atoms with Crippen LogP contribution in [0.3, 0.4) is 0 Å². The average Bonchev–Trinajstić information content (AvgIpc) is 3.19. The van der Waals surface area contributed by atoms with E-state index in [2.05, 4.69) is 17.6 Å². The molecular weight excluding hydrogens is 390 g/mol. The van der Waals surface area contributed by atoms with Crippen molar-refractivity contribution in [1.29, 1.82) is 5.26 Å². The summed E-state index contributed by atoms with van der Waals surface area (Å²) in [5, 5.41) is 18.7. The van der Waals surface area contributed by atoms with Gasteiger partial charge in [0.2, 0.25) is 11.8 Å². The lowest BCUT2D eigenvalue weighted by molar-refractivity contribution is -0.131. The van der Waals surface area contributed by atoms with Gasteiger partial charge >= 0.3 is 0 Å². The minimum absolute atomic E-state index is 0.0523. The third-order valence-electron chi connectivity index (χ3n) is 5.71. The second-order valence-corrected chi connectivity index (χ2v) is 7.57. The van der Waals surface area contributed by atoms with E-state index in [0.717, 1.165) is 35.1 Å². The van der Waals surface area contributed by atoms with Crippen LogP contribution in [-0.4, -0.2) is 42.1 Å². The smallest absolute Gasteiger partial charge is 0.221 e. The van der Waals surface area contributed by atoms with Crippen molar-refractivity contribution >= 4 is 17.5 Å². The molecule has 0 saturated carbocycles. The molecule has 6 nitrogen and oxygen atoms in total. The average molecular weight is 418 g/mol. The number of aryl methyl sites for hydroxylation is 1. The molecule has 0 radical (unpaired) electrons. The molecule has 2 aromatic carbocycles. The number of fused-ring (bicyclic) bond motifs is 1. The van der Waals surface area contributed by atoms with E-state index in [1.807, 2.05) is 37.3 Å². The summed E-state index contributed by atoms with van der Waals surface area (Å²) in [4.78, 5) is 18.5. The molecular formula is C25H27N3O3. The van der Waals surface area contributed by atoms with Gasteiger partial charge in [0.25, 0.3) is 0 Å². The molecule has 0 heterocycles. The summed E-state index contributed by atoms with van der Waals surface area (Å²) in [7, 11) is 1.54. The monoisotopic (exact) mass is 417 g/mol. The van der Waals surface area contributed by atoms with Gasteiger partial charge < -0.3 is 14.7 Å². The minimum atomic E-state index is -0.0689. The molecule has 0 spiro atoms. The minimum Gasteiger partial charge on any atom is -0.481 e. The van der Waals surface area contributed by atoms with Crippen LogP contribution >= 0.6 is 0 Å². The van der Waals surface area contributed by atoms with Crippen LogP contribution < -0.4 is 0 Å². The van der Waals surface area contributed by atoms with Crippen LogP contribution in [-0.2, 0) is 16.0 Å². The highest BCUT2D eigenvalue weighted by atomic mass is 16.5. The van der Waals surface area contributed by atoms with Gasteiger partial charge in [-0.1, -0.05) is 30.8 Å². The standard InChI is InChI=1S/C25H27N3O3/c1-16-8-9-19(14-20(16)15-26)25(31-4)27-17(2)21-6-5-7-23-22(21)10-11-24(23)28(12-13-29)18(3)30/h5-9,14,24,29H,2,10-13H2,1,3-4H3. The third-order valence-corrected chi connectivity index (χ3v) is 5.71. The van der Waals surface area contributed by atoms with Crippen molar-refractivity contribution in [3.8, 4) is 6.07 Å². The third kappa shape index (κ3) is 4.52. The molecule has 1 aliphatic rings. The highest BCUT2D eigenvalue weighted by Crippen LogP contribution is 2.39. The zero-order chi connectivity index (χ0) is 22.5. The molecule has 1 aliphatic carbocycles. The second kappa shape index (κ2) is 9.59. The molecule has 1 amide bonds. The Hall–Kier alpha value is -3.43. The summed E-state index contributed by atoms with van der Waals surface area (Å²) in [6.45, 7) is 7.82. The molecule has 1 unspecified atom stereocenters. The zero-order valence-corrected chi connectivity index (χ0v) is 18.2. The van der Waals surface area contributed by atoms with Gasteiger partial charge in [0.1, 0.15) is 0 Å². The molecule has 2 aromatic rings. The van der Waals surface area contributed by atoms with Gasteiger partial charge in [0.15, 0.2) is 0 Å². The molecule has 160 valence electrons. The van der Waals surface area contributed by atoms with Gasteiger partial charge in [-0.25, -0.2) is 4.99 Å². The van der Waals surface area contributed by atoms with Crippen molar-refractivity contribution in [2.24, 2.45) is 4.99 Å². The zero-order valence-electron chi connectivity index (χ0n) is 18.2. The molecule has 6 heteroatoms. The fraction of sp³-hybridized carbons (Fsp3) is 0.320. The van der Waals surface area contributed by atoms with Crippen molar-refractivity contribution in [1.82, 2.24) is 4.90 Å². The predicted molar refractivity (Wildman–Crippen MR) is 120 cm³/mol. The summed E-state index contributed by atoms with van der Waals surface area (Å²) in [6, 6.07) is 13.6. The molecule has 0 aliphatic heterocycles. The van der Waals surface area contributed by atoms with Crippen LogP contribution in [0.2, 0.25) is 0 Å². The molecule has 0 saturated heterocycles.